The van der Waals surface area contributed by atoms with Crippen LogP contribution in [-0.4, -0.2) is 14.8 Å². The first-order chi connectivity index (χ1) is 10.8. The number of aromatic nitrogens is 3. The van der Waals surface area contributed by atoms with E-state index in [0.29, 0.717) is 11.9 Å². The zero-order chi connectivity index (χ0) is 14.9. The molecule has 3 aromatic heterocycles. The van der Waals surface area contributed by atoms with Crippen molar-refractivity contribution in [1.29, 1.82) is 0 Å². The molecule has 0 fully saturated rings. The van der Waals surface area contributed by atoms with Crippen LogP contribution in [0.15, 0.2) is 57.5 Å². The minimum Gasteiger partial charge on any atom is -0.287 e. The predicted molar refractivity (Wildman–Crippen MR) is 90.5 cm³/mol. The van der Waals surface area contributed by atoms with Crippen LogP contribution >= 0.6 is 22.7 Å². The SMILES string of the molecule is O=c1cnn(Cc2csc(-c3ccsc3)n2)c2ccccc12. The van der Waals surface area contributed by atoms with Gasteiger partial charge in [0.1, 0.15) is 5.01 Å². The molecule has 4 nitrogen and oxygen atoms in total. The van der Waals surface area contributed by atoms with Crippen molar-refractivity contribution < 1.29 is 0 Å². The third kappa shape index (κ3) is 2.36. The molecule has 0 radical (unpaired) electrons. The number of hydrogen-bond donors (Lipinski definition) is 0. The molecule has 0 saturated heterocycles. The van der Waals surface area contributed by atoms with E-state index < -0.39 is 0 Å². The Labute approximate surface area is 134 Å². The highest BCUT2D eigenvalue weighted by Gasteiger charge is 2.08. The lowest BCUT2D eigenvalue weighted by atomic mass is 10.2. The van der Waals surface area contributed by atoms with E-state index in [4.69, 9.17) is 0 Å². The van der Waals surface area contributed by atoms with Gasteiger partial charge in [0.25, 0.3) is 0 Å². The maximum absolute atomic E-state index is 11.9. The molecule has 0 aliphatic heterocycles. The molecule has 0 amide bonds. The number of para-hydroxylation sites is 1. The van der Waals surface area contributed by atoms with Crippen LogP contribution in [0.25, 0.3) is 21.5 Å². The van der Waals surface area contributed by atoms with Crippen molar-refractivity contribution in [2.45, 2.75) is 6.54 Å². The van der Waals surface area contributed by atoms with E-state index in [-0.39, 0.29) is 5.43 Å². The van der Waals surface area contributed by atoms with Gasteiger partial charge in [0.2, 0.25) is 5.43 Å². The summed E-state index contributed by atoms with van der Waals surface area (Å²) in [5, 5.41) is 12.1. The number of thiazole rings is 1. The average molecular weight is 325 g/mol. The van der Waals surface area contributed by atoms with Crippen molar-refractivity contribution in [2.24, 2.45) is 0 Å². The van der Waals surface area contributed by atoms with Crippen LogP contribution in [0.5, 0.6) is 0 Å². The Morgan fingerprint density at radius 2 is 2.05 bits per heavy atom. The van der Waals surface area contributed by atoms with Gasteiger partial charge < -0.3 is 0 Å². The molecule has 0 bridgehead atoms. The van der Waals surface area contributed by atoms with E-state index in [0.717, 1.165) is 21.8 Å². The summed E-state index contributed by atoms with van der Waals surface area (Å²) in [5.74, 6) is 0. The fraction of sp³-hybridized carbons (Fsp3) is 0.0625. The van der Waals surface area contributed by atoms with Gasteiger partial charge in [0.15, 0.2) is 0 Å². The molecule has 1 aromatic carbocycles. The maximum Gasteiger partial charge on any atom is 0.207 e. The number of hydrogen-bond acceptors (Lipinski definition) is 5. The van der Waals surface area contributed by atoms with Crippen LogP contribution in [0.4, 0.5) is 0 Å². The second-order valence-electron chi connectivity index (χ2n) is 4.84. The third-order valence-corrected chi connectivity index (χ3v) is 5.02. The summed E-state index contributed by atoms with van der Waals surface area (Å²) < 4.78 is 1.82. The highest BCUT2D eigenvalue weighted by atomic mass is 32.1. The fourth-order valence-electron chi connectivity index (χ4n) is 2.34. The van der Waals surface area contributed by atoms with E-state index in [2.05, 4.69) is 21.5 Å². The number of rotatable bonds is 3. The summed E-state index contributed by atoms with van der Waals surface area (Å²) in [4.78, 5) is 16.5. The minimum atomic E-state index is -0.0518. The number of benzene rings is 1. The fourth-order valence-corrected chi connectivity index (χ4v) is 3.86. The van der Waals surface area contributed by atoms with Crippen LogP contribution in [-0.2, 0) is 6.54 Å². The van der Waals surface area contributed by atoms with Crippen molar-refractivity contribution in [3.63, 3.8) is 0 Å². The van der Waals surface area contributed by atoms with Gasteiger partial charge in [0, 0.05) is 21.7 Å². The minimum absolute atomic E-state index is 0.0518. The predicted octanol–water partition coefficient (Wildman–Crippen LogP) is 3.63. The first-order valence-corrected chi connectivity index (χ1v) is 8.55. The molecule has 0 N–H and O–H groups in total. The van der Waals surface area contributed by atoms with E-state index in [1.165, 1.54) is 6.20 Å². The lowest BCUT2D eigenvalue weighted by Crippen LogP contribution is -2.13. The number of thiophene rings is 1. The van der Waals surface area contributed by atoms with Gasteiger partial charge in [-0.25, -0.2) is 4.98 Å². The highest BCUT2D eigenvalue weighted by molar-refractivity contribution is 7.14. The normalized spacial score (nSPS) is 11.1. The van der Waals surface area contributed by atoms with Gasteiger partial charge in [0.05, 0.1) is 24.0 Å². The summed E-state index contributed by atoms with van der Waals surface area (Å²) in [6, 6.07) is 9.59. The van der Waals surface area contributed by atoms with Crippen molar-refractivity contribution in [2.75, 3.05) is 0 Å². The molecule has 0 unspecified atom stereocenters. The summed E-state index contributed by atoms with van der Waals surface area (Å²) in [5.41, 5.74) is 2.88. The van der Waals surface area contributed by atoms with Crippen molar-refractivity contribution in [1.82, 2.24) is 14.8 Å². The van der Waals surface area contributed by atoms with E-state index in [1.807, 2.05) is 39.7 Å². The van der Waals surface area contributed by atoms with E-state index >= 15 is 0 Å². The van der Waals surface area contributed by atoms with Gasteiger partial charge in [-0.05, 0) is 23.6 Å². The van der Waals surface area contributed by atoms with Crippen LogP contribution < -0.4 is 5.43 Å². The average Bonchev–Trinajstić information content (AvgIpc) is 3.21. The molecule has 4 aromatic rings. The Bertz CT molecular complexity index is 986. The smallest absolute Gasteiger partial charge is 0.207 e. The first-order valence-electron chi connectivity index (χ1n) is 6.73. The van der Waals surface area contributed by atoms with Gasteiger partial charge in [-0.1, -0.05) is 12.1 Å². The summed E-state index contributed by atoms with van der Waals surface area (Å²) in [6.45, 7) is 0.557. The molecule has 0 saturated carbocycles. The molecule has 108 valence electrons. The maximum atomic E-state index is 11.9. The summed E-state index contributed by atoms with van der Waals surface area (Å²) >= 11 is 3.29. The molecular formula is C16H11N3OS2. The Kier molecular flexibility index (Phi) is 3.32. The third-order valence-electron chi connectivity index (χ3n) is 3.39. The van der Waals surface area contributed by atoms with Crippen LogP contribution in [0, 0.1) is 0 Å². The molecule has 0 aliphatic rings. The molecule has 4 rings (SSSR count). The molecular weight excluding hydrogens is 314 g/mol. The summed E-state index contributed by atoms with van der Waals surface area (Å²) in [7, 11) is 0. The Morgan fingerprint density at radius 3 is 2.91 bits per heavy atom. The standard InChI is InChI=1S/C16H11N3OS2/c20-15-7-17-19(14-4-2-1-3-13(14)15)8-12-10-22-16(18-12)11-5-6-21-9-11/h1-7,9-10H,8H2. The lowest BCUT2D eigenvalue weighted by Gasteiger charge is -2.07. The van der Waals surface area contributed by atoms with Crippen LogP contribution in [0.1, 0.15) is 5.69 Å². The highest BCUT2D eigenvalue weighted by Crippen LogP contribution is 2.26. The van der Waals surface area contributed by atoms with Gasteiger partial charge in [-0.3, -0.25) is 9.48 Å². The Balaban J connectivity index is 1.73. The molecule has 3 heterocycles. The summed E-state index contributed by atoms with van der Waals surface area (Å²) in [6.07, 6.45) is 1.37. The van der Waals surface area contributed by atoms with E-state index in [1.54, 1.807) is 22.7 Å². The van der Waals surface area contributed by atoms with E-state index in [9.17, 15) is 4.79 Å². The second-order valence-corrected chi connectivity index (χ2v) is 6.48. The second kappa shape index (κ2) is 5.47. The van der Waals surface area contributed by atoms with Crippen molar-refractivity contribution in [3.05, 3.63) is 68.6 Å². The van der Waals surface area contributed by atoms with Crippen molar-refractivity contribution >= 4 is 33.6 Å². The van der Waals surface area contributed by atoms with Gasteiger partial charge in [-0.2, -0.15) is 16.4 Å². The number of fused-ring (bicyclic) bond motifs is 1. The monoisotopic (exact) mass is 325 g/mol. The topological polar surface area (TPSA) is 47.8 Å². The van der Waals surface area contributed by atoms with Crippen LogP contribution in [0.2, 0.25) is 0 Å². The van der Waals surface area contributed by atoms with Crippen LogP contribution in [0.3, 0.4) is 0 Å². The Hall–Kier alpha value is -2.31. The van der Waals surface area contributed by atoms with Crippen molar-refractivity contribution in [3.8, 4) is 10.6 Å². The molecule has 6 heteroatoms. The molecule has 0 aliphatic carbocycles. The molecule has 0 spiro atoms. The van der Waals surface area contributed by atoms with Gasteiger partial charge in [-0.15, -0.1) is 11.3 Å². The quantitative estimate of drug-likeness (QED) is 0.578. The zero-order valence-corrected chi connectivity index (χ0v) is 13.1. The Morgan fingerprint density at radius 1 is 1.14 bits per heavy atom. The number of nitrogens with zero attached hydrogens (tertiary/aromatic N) is 3. The molecule has 22 heavy (non-hydrogen) atoms. The van der Waals surface area contributed by atoms with Gasteiger partial charge >= 0.3 is 0 Å². The first kappa shape index (κ1) is 13.4. The largest absolute Gasteiger partial charge is 0.287 e. The lowest BCUT2D eigenvalue weighted by molar-refractivity contribution is 0.684. The molecule has 0 atom stereocenters. The zero-order valence-electron chi connectivity index (χ0n) is 11.5.